The molecule has 0 saturated carbocycles. The van der Waals surface area contributed by atoms with Crippen molar-refractivity contribution >= 4 is 73.1 Å². The van der Waals surface area contributed by atoms with Gasteiger partial charge in [-0.2, -0.15) is 0 Å². The Morgan fingerprint density at radius 1 is 0.432 bits per heavy atom. The zero-order valence-corrected chi connectivity index (χ0v) is 25.9. The highest BCUT2D eigenvalue weighted by Gasteiger charge is 2.35. The molecular formula is C40H30O2P2. The summed E-state index contributed by atoms with van der Waals surface area (Å²) in [6.07, 6.45) is 8.19. The third-order valence-electron chi connectivity index (χ3n) is 9.00. The number of rotatable bonds is 6. The standard InChI is InChI=1S/C40H30O2P2/c41-43(31-13-5-1-6-14-31,32-15-7-2-8-16-32)37-27-23-29-22-26-36-38(28-24-30-21-25-35(37)39(29)40(30)36)44(42,33-17-9-3-10-18-33)34-19-11-4-12-20-34/h1-3,5-11,13-28H,4,12H2. The molecule has 7 aromatic carbocycles. The van der Waals surface area contributed by atoms with E-state index in [-0.39, 0.29) is 0 Å². The zero-order chi connectivity index (χ0) is 29.7. The lowest BCUT2D eigenvalue weighted by Gasteiger charge is -2.26. The average Bonchev–Trinajstić information content (AvgIpc) is 3.11. The first-order valence-electron chi connectivity index (χ1n) is 15.1. The van der Waals surface area contributed by atoms with Crippen LogP contribution in [0.15, 0.2) is 163 Å². The topological polar surface area (TPSA) is 34.1 Å². The van der Waals surface area contributed by atoms with E-state index < -0.39 is 14.3 Å². The van der Waals surface area contributed by atoms with Crippen LogP contribution >= 0.6 is 14.3 Å². The van der Waals surface area contributed by atoms with Crippen LogP contribution in [-0.2, 0) is 9.13 Å². The summed E-state index contributed by atoms with van der Waals surface area (Å²) in [6, 6.07) is 46.5. The van der Waals surface area contributed by atoms with Crippen LogP contribution in [0.2, 0.25) is 0 Å². The molecule has 1 unspecified atom stereocenters. The molecule has 0 fully saturated rings. The second-order valence-corrected chi connectivity index (χ2v) is 16.9. The Morgan fingerprint density at radius 3 is 1.32 bits per heavy atom. The number of benzene rings is 7. The fraction of sp³-hybridized carbons (Fsp3) is 0.0500. The van der Waals surface area contributed by atoms with Crippen LogP contribution in [0.25, 0.3) is 32.3 Å². The van der Waals surface area contributed by atoms with Crippen LogP contribution < -0.4 is 26.5 Å². The predicted molar refractivity (Wildman–Crippen MR) is 189 cm³/mol. The first kappa shape index (κ1) is 27.1. The van der Waals surface area contributed by atoms with Crippen molar-refractivity contribution in [2.45, 2.75) is 12.8 Å². The molecule has 0 radical (unpaired) electrons. The monoisotopic (exact) mass is 604 g/mol. The fourth-order valence-electron chi connectivity index (χ4n) is 6.92. The van der Waals surface area contributed by atoms with E-state index in [0.29, 0.717) is 0 Å². The van der Waals surface area contributed by atoms with Gasteiger partial charge in [-0.3, -0.25) is 0 Å². The van der Waals surface area contributed by atoms with E-state index in [1.165, 1.54) is 0 Å². The summed E-state index contributed by atoms with van der Waals surface area (Å²) >= 11 is 0. The minimum atomic E-state index is -3.22. The highest BCUT2D eigenvalue weighted by molar-refractivity contribution is 7.85. The minimum absolute atomic E-state index is 0.812. The number of allylic oxidation sites excluding steroid dienone is 4. The molecule has 0 aromatic heterocycles. The molecule has 0 N–H and O–H groups in total. The molecule has 0 saturated heterocycles. The quantitative estimate of drug-likeness (QED) is 0.141. The second-order valence-electron chi connectivity index (χ2n) is 11.4. The van der Waals surface area contributed by atoms with Crippen molar-refractivity contribution in [3.8, 4) is 0 Å². The minimum Gasteiger partial charge on any atom is -0.309 e. The van der Waals surface area contributed by atoms with Crippen molar-refractivity contribution in [3.63, 3.8) is 0 Å². The van der Waals surface area contributed by atoms with E-state index in [2.05, 4.69) is 66.8 Å². The van der Waals surface area contributed by atoms with Crippen molar-refractivity contribution in [2.24, 2.45) is 0 Å². The van der Waals surface area contributed by atoms with Gasteiger partial charge in [0.05, 0.1) is 0 Å². The van der Waals surface area contributed by atoms with Gasteiger partial charge in [0.2, 0.25) is 0 Å². The number of hydrogen-bond donors (Lipinski definition) is 0. The van der Waals surface area contributed by atoms with Gasteiger partial charge in [-0.15, -0.1) is 0 Å². The van der Waals surface area contributed by atoms with Gasteiger partial charge in [0.15, 0.2) is 14.3 Å². The molecule has 2 nitrogen and oxygen atoms in total. The lowest BCUT2D eigenvalue weighted by molar-refractivity contribution is 0.590. The summed E-state index contributed by atoms with van der Waals surface area (Å²) < 4.78 is 31.1. The highest BCUT2D eigenvalue weighted by atomic mass is 31.2. The molecule has 1 aliphatic carbocycles. The third-order valence-corrected chi connectivity index (χ3v) is 15.3. The van der Waals surface area contributed by atoms with Gasteiger partial charge in [0, 0.05) is 31.8 Å². The van der Waals surface area contributed by atoms with Gasteiger partial charge in [-0.1, -0.05) is 146 Å². The van der Waals surface area contributed by atoms with E-state index in [1.807, 2.05) is 91.0 Å². The SMILES string of the molecule is O=P(C1=CCCC=C1)(c1ccccc1)c1ccc2ccc3c(P(=O)(c4ccccc4)c4ccccc4)ccc4ccc1c2c43. The molecule has 0 aliphatic heterocycles. The van der Waals surface area contributed by atoms with Gasteiger partial charge in [-0.05, 0) is 57.3 Å². The predicted octanol–water partition coefficient (Wildman–Crippen LogP) is 8.77. The first-order chi connectivity index (χ1) is 21.6. The molecule has 1 atom stereocenters. The Hall–Kier alpha value is -4.48. The van der Waals surface area contributed by atoms with Crippen LogP contribution in [0.1, 0.15) is 12.8 Å². The molecule has 0 amide bonds. The van der Waals surface area contributed by atoms with E-state index >= 15 is 9.13 Å². The average molecular weight is 605 g/mol. The maximum absolute atomic E-state index is 15.5. The van der Waals surface area contributed by atoms with Crippen molar-refractivity contribution in [1.82, 2.24) is 0 Å². The van der Waals surface area contributed by atoms with Gasteiger partial charge in [0.25, 0.3) is 0 Å². The van der Waals surface area contributed by atoms with E-state index in [4.69, 9.17) is 0 Å². The van der Waals surface area contributed by atoms with E-state index in [0.717, 1.165) is 77.0 Å². The molecule has 4 heteroatoms. The van der Waals surface area contributed by atoms with Gasteiger partial charge in [0.1, 0.15) is 0 Å². The van der Waals surface area contributed by atoms with E-state index in [1.54, 1.807) is 0 Å². The van der Waals surface area contributed by atoms with Crippen molar-refractivity contribution in [2.75, 3.05) is 0 Å². The van der Waals surface area contributed by atoms with Gasteiger partial charge >= 0.3 is 0 Å². The first-order valence-corrected chi connectivity index (χ1v) is 18.5. The molecule has 0 bridgehead atoms. The summed E-state index contributed by atoms with van der Waals surface area (Å²) in [5, 5.41) is 11.3. The largest absolute Gasteiger partial charge is 0.309 e. The molecule has 44 heavy (non-hydrogen) atoms. The van der Waals surface area contributed by atoms with E-state index in [9.17, 15) is 0 Å². The maximum atomic E-state index is 15.5. The van der Waals surface area contributed by atoms with Gasteiger partial charge < -0.3 is 9.13 Å². The maximum Gasteiger partial charge on any atom is 0.171 e. The molecule has 1 aliphatic rings. The van der Waals surface area contributed by atoms with Crippen LogP contribution in [0.3, 0.4) is 0 Å². The molecule has 0 heterocycles. The van der Waals surface area contributed by atoms with Crippen LogP contribution in [0.4, 0.5) is 0 Å². The molecule has 7 aromatic rings. The zero-order valence-electron chi connectivity index (χ0n) is 24.1. The Morgan fingerprint density at radius 2 is 0.864 bits per heavy atom. The third kappa shape index (κ3) is 4.02. The Kier molecular flexibility index (Phi) is 6.53. The Bertz CT molecular complexity index is 2280. The summed E-state index contributed by atoms with van der Waals surface area (Å²) in [5.74, 6) is 0. The van der Waals surface area contributed by atoms with Crippen LogP contribution in [0, 0.1) is 0 Å². The molecule has 212 valence electrons. The Labute approximate surface area is 257 Å². The van der Waals surface area contributed by atoms with Crippen LogP contribution in [-0.4, -0.2) is 0 Å². The van der Waals surface area contributed by atoms with Crippen LogP contribution in [0.5, 0.6) is 0 Å². The second kappa shape index (κ2) is 10.6. The van der Waals surface area contributed by atoms with Gasteiger partial charge in [-0.25, -0.2) is 0 Å². The van der Waals surface area contributed by atoms with Crippen molar-refractivity contribution in [3.05, 3.63) is 163 Å². The fourth-order valence-corrected chi connectivity index (χ4v) is 12.7. The summed E-state index contributed by atoms with van der Waals surface area (Å²) in [6.45, 7) is 0. The van der Waals surface area contributed by atoms with Crippen molar-refractivity contribution in [1.29, 1.82) is 0 Å². The summed E-state index contributed by atoms with van der Waals surface area (Å²) in [4.78, 5) is 0. The number of hydrogen-bond acceptors (Lipinski definition) is 2. The molecule has 0 spiro atoms. The smallest absolute Gasteiger partial charge is 0.171 e. The molecular weight excluding hydrogens is 574 g/mol. The summed E-state index contributed by atoms with van der Waals surface area (Å²) in [5.41, 5.74) is 0. The lowest BCUT2D eigenvalue weighted by atomic mass is 9.94. The highest BCUT2D eigenvalue weighted by Crippen LogP contribution is 2.55. The van der Waals surface area contributed by atoms with Crippen molar-refractivity contribution < 1.29 is 9.13 Å². The lowest BCUT2D eigenvalue weighted by Crippen LogP contribution is -2.25. The Balaban J connectivity index is 1.46. The summed E-state index contributed by atoms with van der Waals surface area (Å²) in [7, 11) is -6.40. The molecule has 8 rings (SSSR count). The normalized spacial score (nSPS) is 15.0.